The molecule has 26 heavy (non-hydrogen) atoms. The third-order valence-corrected chi connectivity index (χ3v) is 1.29. The summed E-state index contributed by atoms with van der Waals surface area (Å²) >= 11 is 39.7. The maximum absolute atomic E-state index is 5.05. The van der Waals surface area contributed by atoms with Gasteiger partial charge < -0.3 is 0 Å². The van der Waals surface area contributed by atoms with Crippen molar-refractivity contribution < 1.29 is 0 Å². The van der Waals surface area contributed by atoms with Crippen molar-refractivity contribution in [2.45, 2.75) is 13.8 Å². The molecule has 0 aromatic heterocycles. The summed E-state index contributed by atoms with van der Waals surface area (Å²) in [4.78, 5) is 0. The molecule has 14 heteroatoms. The van der Waals surface area contributed by atoms with Crippen molar-refractivity contribution in [2.24, 2.45) is 0 Å². The van der Waals surface area contributed by atoms with Gasteiger partial charge in [0.1, 0.15) is 0 Å². The Labute approximate surface area is 238 Å². The second-order valence-electron chi connectivity index (χ2n) is 1.60. The molecule has 0 nitrogen and oxygen atoms in total. The minimum Gasteiger partial charge on any atom is -0.147 e. The molecule has 0 saturated carbocycles. The Bertz CT molecular complexity index is 91.9. The van der Waals surface area contributed by atoms with Crippen LogP contribution in [0.25, 0.3) is 0 Å². The molecule has 0 unspecified atom stereocenters. The molecule has 0 rings (SSSR count). The van der Waals surface area contributed by atoms with Crippen molar-refractivity contribution in [2.75, 3.05) is 35.3 Å². The zero-order chi connectivity index (χ0) is 17.7. The minimum absolute atomic E-state index is 0. The van der Waals surface area contributed by atoms with Gasteiger partial charge in [0.2, 0.25) is 0 Å². The second kappa shape index (κ2) is 163. The van der Waals surface area contributed by atoms with E-state index in [0.29, 0.717) is 23.5 Å². The van der Waals surface area contributed by atoms with E-state index in [1.54, 1.807) is 0 Å². The molecule has 0 amide bonds. The number of hydrogen-bond acceptors (Lipinski definition) is 0. The molecule has 0 fully saturated rings. The molecule has 0 spiro atoms. The van der Waals surface area contributed by atoms with Crippen molar-refractivity contribution in [3.8, 4) is 0 Å². The largest absolute Gasteiger partial charge is 0.147 e. The zero-order valence-electron chi connectivity index (χ0n) is 14.3. The van der Waals surface area contributed by atoms with Crippen LogP contribution in [0.2, 0.25) is 0 Å². The first-order valence-corrected chi connectivity index (χ1v) is 9.35. The predicted octanol–water partition coefficient (Wildman–Crippen LogP) is 10.7. The highest BCUT2D eigenvalue weighted by Gasteiger charge is 1.62. The van der Waals surface area contributed by atoms with Crippen molar-refractivity contribution in [1.29, 1.82) is 0 Å². The summed E-state index contributed by atoms with van der Waals surface area (Å²) in [5, 5.41) is 0. The Morgan fingerprint density at radius 3 is 0.538 bits per heavy atom. The van der Waals surface area contributed by atoms with Crippen LogP contribution in [-0.2, 0) is 0 Å². The van der Waals surface area contributed by atoms with Crippen LogP contribution in [0.3, 0.4) is 0 Å². The third kappa shape index (κ3) is 632. The molecule has 0 radical (unpaired) electrons. The molecular weight excluding hydrogens is 640 g/mol. The van der Waals surface area contributed by atoms with E-state index in [-0.39, 0.29) is 74.4 Å². The molecule has 0 saturated heterocycles. The van der Waals surface area contributed by atoms with Gasteiger partial charge in [-0.1, -0.05) is 50.2 Å². The fourth-order valence-electron chi connectivity index (χ4n) is 0. The van der Waals surface area contributed by atoms with Gasteiger partial charge in [0, 0.05) is 35.3 Å². The summed E-state index contributed by atoms with van der Waals surface area (Å²) in [6.45, 7) is 10.0. The Morgan fingerprint density at radius 2 is 0.538 bits per heavy atom. The fraction of sp³-hybridized carbons (Fsp3) is 0.667. The van der Waals surface area contributed by atoms with Gasteiger partial charge >= 0.3 is 0 Å². The highest BCUT2D eigenvalue weighted by Crippen LogP contribution is 1.75. The van der Waals surface area contributed by atoms with E-state index < -0.39 is 0 Å². The highest BCUT2D eigenvalue weighted by molar-refractivity contribution is 6.26. The van der Waals surface area contributed by atoms with Gasteiger partial charge in [-0.3, -0.25) is 0 Å². The maximum atomic E-state index is 5.05. The van der Waals surface area contributed by atoms with Crippen LogP contribution in [0.4, 0.5) is 0 Å². The van der Waals surface area contributed by atoms with Crippen molar-refractivity contribution >= 4 is 167 Å². The molecule has 0 aliphatic rings. The molecular formula is C12H30Cl14. The first-order chi connectivity index (χ1) is 9.49. The third-order valence-electron chi connectivity index (χ3n) is 0.143. The van der Waals surface area contributed by atoms with Gasteiger partial charge in [-0.25, -0.2) is 0 Å². The van der Waals surface area contributed by atoms with Crippen molar-refractivity contribution in [1.82, 2.24) is 0 Å². The van der Waals surface area contributed by atoms with Crippen molar-refractivity contribution in [3.05, 3.63) is 24.2 Å². The number of alkyl halides is 6. The fourth-order valence-corrected chi connectivity index (χ4v) is 0. The van der Waals surface area contributed by atoms with E-state index in [0.717, 1.165) is 11.8 Å². The molecule has 0 aliphatic carbocycles. The Balaban J connectivity index is -0.00000000869. The van der Waals surface area contributed by atoms with Crippen LogP contribution in [-0.4, -0.2) is 35.3 Å². The van der Waals surface area contributed by atoms with E-state index in [4.69, 9.17) is 92.8 Å². The standard InChI is InChI=1S/2C2H4Cl2.2C2H5Cl.2C2H3Cl.6ClH/c2*3-1-2-4;4*1-2-3;;;;;;/h2*1-2H2;2*2H2,1H3;2*2H,1H2;6*1H. The van der Waals surface area contributed by atoms with Gasteiger partial charge in [0.25, 0.3) is 0 Å². The van der Waals surface area contributed by atoms with E-state index in [2.05, 4.69) is 13.2 Å². The Hall–Kier alpha value is 3.54. The van der Waals surface area contributed by atoms with Gasteiger partial charge in [-0.05, 0) is 11.1 Å². The first-order valence-electron chi connectivity index (χ1n) is 5.27. The van der Waals surface area contributed by atoms with Gasteiger partial charge in [-0.15, -0.1) is 144 Å². The average Bonchev–Trinajstić information content (AvgIpc) is 2.42. The van der Waals surface area contributed by atoms with E-state index in [9.17, 15) is 0 Å². The minimum atomic E-state index is 0. The summed E-state index contributed by atoms with van der Waals surface area (Å²) in [6, 6.07) is 0. The van der Waals surface area contributed by atoms with E-state index in [1.165, 1.54) is 11.1 Å². The van der Waals surface area contributed by atoms with Crippen molar-refractivity contribution in [3.63, 3.8) is 0 Å². The SMILES string of the molecule is C=CCl.C=CCl.CCCl.CCCl.Cl.Cl.Cl.Cl.Cl.Cl.ClCCCl.ClCCCl. The molecule has 0 heterocycles. The van der Waals surface area contributed by atoms with Crippen LogP contribution in [0.15, 0.2) is 24.2 Å². The summed E-state index contributed by atoms with van der Waals surface area (Å²) in [5.41, 5.74) is 2.44. The van der Waals surface area contributed by atoms with Gasteiger partial charge in [0.05, 0.1) is 0 Å². The predicted molar refractivity (Wildman–Crippen MR) is 151 cm³/mol. The summed E-state index contributed by atoms with van der Waals surface area (Å²) in [7, 11) is 0. The van der Waals surface area contributed by atoms with Crippen LogP contribution in [0.5, 0.6) is 0 Å². The lowest BCUT2D eigenvalue weighted by Gasteiger charge is -1.63. The Morgan fingerprint density at radius 1 is 0.500 bits per heavy atom. The summed E-state index contributed by atoms with van der Waals surface area (Å²) in [5.74, 6) is 3.67. The van der Waals surface area contributed by atoms with Gasteiger partial charge in [0.15, 0.2) is 0 Å². The Kier molecular flexibility index (Phi) is 489. The monoisotopic (exact) mass is 664 g/mol. The molecule has 176 valence electrons. The number of hydrogen-bond donors (Lipinski definition) is 0. The lowest BCUT2D eigenvalue weighted by Crippen LogP contribution is -1.63. The average molecular weight is 671 g/mol. The number of halogens is 14. The van der Waals surface area contributed by atoms with Crippen LogP contribution >= 0.6 is 167 Å². The molecule has 0 N–H and O–H groups in total. The van der Waals surface area contributed by atoms with E-state index >= 15 is 0 Å². The smallest absolute Gasteiger partial charge is 0.0359 e. The highest BCUT2D eigenvalue weighted by atomic mass is 35.5. The van der Waals surface area contributed by atoms with Crippen LogP contribution in [0, 0.1) is 0 Å². The number of rotatable bonds is 2. The molecule has 0 aromatic carbocycles. The summed E-state index contributed by atoms with van der Waals surface area (Å²) in [6.07, 6.45) is 0. The second-order valence-corrected chi connectivity index (χ2v) is 4.80. The lowest BCUT2D eigenvalue weighted by atomic mass is 11.0. The molecule has 0 atom stereocenters. The first kappa shape index (κ1) is 78.2. The van der Waals surface area contributed by atoms with Crippen LogP contribution < -0.4 is 0 Å². The van der Waals surface area contributed by atoms with Crippen LogP contribution in [0.1, 0.15) is 13.8 Å². The molecule has 0 aromatic rings. The van der Waals surface area contributed by atoms with E-state index in [1.807, 2.05) is 13.8 Å². The molecule has 0 aliphatic heterocycles. The maximum Gasteiger partial charge on any atom is 0.0359 e. The topological polar surface area (TPSA) is 0 Å². The zero-order valence-corrected chi connectivity index (χ0v) is 25.2. The lowest BCUT2D eigenvalue weighted by molar-refractivity contribution is 1.51. The van der Waals surface area contributed by atoms with Gasteiger partial charge in [-0.2, -0.15) is 0 Å². The quantitative estimate of drug-likeness (QED) is 0.257. The normalized spacial score (nSPS) is 4.69. The summed E-state index contributed by atoms with van der Waals surface area (Å²) < 4.78 is 0. The molecule has 0 bridgehead atoms.